The molecule has 0 aliphatic heterocycles. The van der Waals surface area contributed by atoms with Gasteiger partial charge in [0.1, 0.15) is 31.0 Å². The SMILES string of the molecule is C/C=C/COc1cc(C)c(OCCCCOc2ccc(/C(F)=N/OC)cc2)c(C)c1. The number of benzene rings is 2. The molecule has 0 radical (unpaired) electrons. The van der Waals surface area contributed by atoms with Crippen molar-refractivity contribution in [3.63, 3.8) is 0 Å². The highest BCUT2D eigenvalue weighted by Crippen LogP contribution is 2.28. The van der Waals surface area contributed by atoms with Crippen LogP contribution in [-0.2, 0) is 4.84 Å². The molecule has 0 saturated heterocycles. The van der Waals surface area contributed by atoms with E-state index < -0.39 is 5.97 Å². The number of hydrogen-bond acceptors (Lipinski definition) is 5. The molecule has 2 aromatic carbocycles. The van der Waals surface area contributed by atoms with Crippen LogP contribution in [0.5, 0.6) is 17.2 Å². The minimum absolute atomic E-state index is 0.349. The van der Waals surface area contributed by atoms with E-state index in [0.717, 1.165) is 35.5 Å². The second kappa shape index (κ2) is 12.5. The number of hydrogen-bond donors (Lipinski definition) is 0. The molecule has 0 N–H and O–H groups in total. The monoisotopic (exact) mass is 415 g/mol. The van der Waals surface area contributed by atoms with Crippen LogP contribution in [0.2, 0.25) is 0 Å². The van der Waals surface area contributed by atoms with E-state index in [1.165, 1.54) is 7.11 Å². The maximum atomic E-state index is 13.5. The smallest absolute Gasteiger partial charge is 0.257 e. The Morgan fingerprint density at radius 3 is 2.17 bits per heavy atom. The Hall–Kier alpha value is -3.02. The van der Waals surface area contributed by atoms with Gasteiger partial charge >= 0.3 is 0 Å². The molecule has 0 amide bonds. The largest absolute Gasteiger partial charge is 0.494 e. The average Bonchev–Trinajstić information content (AvgIpc) is 2.73. The summed E-state index contributed by atoms with van der Waals surface area (Å²) in [5.74, 6) is 1.78. The Morgan fingerprint density at radius 1 is 0.933 bits per heavy atom. The molecule has 0 aliphatic carbocycles. The van der Waals surface area contributed by atoms with Gasteiger partial charge in [-0.25, -0.2) is 0 Å². The standard InChI is InChI=1S/C24H30FNO4/c1-5-6-13-29-22-16-18(2)23(19(3)17-22)30-15-8-7-14-28-21-11-9-20(10-12-21)24(25)26-27-4/h5-6,9-12,16-17H,7-8,13-15H2,1-4H3/b6-5+,26-24-. The summed E-state index contributed by atoms with van der Waals surface area (Å²) in [4.78, 5) is 4.42. The molecular weight excluding hydrogens is 385 g/mol. The van der Waals surface area contributed by atoms with Crippen LogP contribution in [0, 0.1) is 13.8 Å². The minimum atomic E-state index is -0.663. The number of allylic oxidation sites excluding steroid dienone is 1. The van der Waals surface area contributed by atoms with Crippen molar-refractivity contribution in [1.82, 2.24) is 0 Å². The van der Waals surface area contributed by atoms with Crippen molar-refractivity contribution < 1.29 is 23.4 Å². The third-order valence-corrected chi connectivity index (χ3v) is 4.33. The van der Waals surface area contributed by atoms with E-state index in [0.29, 0.717) is 31.1 Å². The van der Waals surface area contributed by atoms with Gasteiger partial charge in [0, 0.05) is 5.56 Å². The van der Waals surface area contributed by atoms with Gasteiger partial charge in [0.25, 0.3) is 5.97 Å². The van der Waals surface area contributed by atoms with E-state index in [4.69, 9.17) is 14.2 Å². The molecule has 0 heterocycles. The molecule has 0 aromatic heterocycles. The summed E-state index contributed by atoms with van der Waals surface area (Å²) in [6.07, 6.45) is 5.66. The van der Waals surface area contributed by atoms with E-state index in [1.54, 1.807) is 24.3 Å². The zero-order valence-electron chi connectivity index (χ0n) is 18.1. The van der Waals surface area contributed by atoms with Gasteiger partial charge in [0.15, 0.2) is 0 Å². The lowest BCUT2D eigenvalue weighted by atomic mass is 10.1. The van der Waals surface area contributed by atoms with Crippen LogP contribution < -0.4 is 14.2 Å². The first kappa shape index (κ1) is 23.3. The van der Waals surface area contributed by atoms with Gasteiger partial charge in [-0.3, -0.25) is 0 Å². The Bertz CT molecular complexity index is 824. The summed E-state index contributed by atoms with van der Waals surface area (Å²) in [5, 5.41) is 3.26. The molecule has 6 heteroatoms. The van der Waals surface area contributed by atoms with Crippen LogP contribution in [-0.4, -0.2) is 32.9 Å². The number of unbranched alkanes of at least 4 members (excludes halogenated alkanes) is 1. The first-order valence-electron chi connectivity index (χ1n) is 10.0. The van der Waals surface area contributed by atoms with E-state index in [1.807, 2.05) is 45.1 Å². The summed E-state index contributed by atoms with van der Waals surface area (Å²) in [7, 11) is 1.30. The number of nitrogens with zero attached hydrogens (tertiary/aromatic N) is 1. The highest BCUT2D eigenvalue weighted by Gasteiger charge is 2.07. The summed E-state index contributed by atoms with van der Waals surface area (Å²) in [5.41, 5.74) is 2.47. The Morgan fingerprint density at radius 2 is 1.57 bits per heavy atom. The number of aryl methyl sites for hydroxylation is 2. The fraction of sp³-hybridized carbons (Fsp3) is 0.375. The van der Waals surface area contributed by atoms with Crippen molar-refractivity contribution in [2.75, 3.05) is 26.9 Å². The highest BCUT2D eigenvalue weighted by molar-refractivity contribution is 5.92. The fourth-order valence-electron chi connectivity index (χ4n) is 2.85. The third-order valence-electron chi connectivity index (χ3n) is 4.33. The van der Waals surface area contributed by atoms with Gasteiger partial charge in [0.05, 0.1) is 13.2 Å². The normalized spacial score (nSPS) is 11.6. The van der Waals surface area contributed by atoms with Crippen LogP contribution >= 0.6 is 0 Å². The summed E-state index contributed by atoms with van der Waals surface area (Å²) in [6.45, 7) is 7.76. The number of oxime groups is 1. The molecular formula is C24H30FNO4. The average molecular weight is 416 g/mol. The van der Waals surface area contributed by atoms with E-state index in [2.05, 4.69) is 9.99 Å². The molecule has 0 fully saturated rings. The first-order valence-corrected chi connectivity index (χ1v) is 10.0. The molecule has 2 rings (SSSR count). The molecule has 5 nitrogen and oxygen atoms in total. The van der Waals surface area contributed by atoms with Crippen molar-refractivity contribution in [2.24, 2.45) is 5.16 Å². The van der Waals surface area contributed by atoms with Gasteiger partial charge in [-0.1, -0.05) is 17.3 Å². The lowest BCUT2D eigenvalue weighted by Crippen LogP contribution is -2.05. The molecule has 2 aromatic rings. The van der Waals surface area contributed by atoms with Gasteiger partial charge in [-0.05, 0) is 81.1 Å². The number of halogens is 1. The lowest BCUT2D eigenvalue weighted by molar-refractivity contribution is 0.209. The van der Waals surface area contributed by atoms with Crippen LogP contribution in [0.3, 0.4) is 0 Å². The number of ether oxygens (including phenoxy) is 3. The predicted octanol–water partition coefficient (Wildman–Crippen LogP) is 5.77. The quantitative estimate of drug-likeness (QED) is 0.191. The van der Waals surface area contributed by atoms with Gasteiger partial charge in [-0.15, -0.1) is 0 Å². The van der Waals surface area contributed by atoms with E-state index in [-0.39, 0.29) is 0 Å². The Balaban J connectivity index is 1.72. The number of rotatable bonds is 12. The van der Waals surface area contributed by atoms with Crippen LogP contribution in [0.25, 0.3) is 0 Å². The maximum absolute atomic E-state index is 13.5. The third kappa shape index (κ3) is 7.43. The van der Waals surface area contributed by atoms with E-state index in [9.17, 15) is 4.39 Å². The summed E-state index contributed by atoms with van der Waals surface area (Å²) < 4.78 is 30.9. The molecule has 30 heavy (non-hydrogen) atoms. The van der Waals surface area contributed by atoms with Gasteiger partial charge < -0.3 is 19.0 Å². The van der Waals surface area contributed by atoms with Gasteiger partial charge in [-0.2, -0.15) is 4.39 Å². The molecule has 0 spiro atoms. The molecule has 162 valence electrons. The zero-order valence-corrected chi connectivity index (χ0v) is 18.1. The van der Waals surface area contributed by atoms with Crippen LogP contribution in [0.4, 0.5) is 4.39 Å². The van der Waals surface area contributed by atoms with Crippen molar-refractivity contribution in [3.05, 3.63) is 65.2 Å². The van der Waals surface area contributed by atoms with Crippen LogP contribution in [0.1, 0.15) is 36.5 Å². The minimum Gasteiger partial charge on any atom is -0.494 e. The maximum Gasteiger partial charge on any atom is 0.257 e. The molecule has 0 saturated carbocycles. The molecule has 0 unspecified atom stereocenters. The van der Waals surface area contributed by atoms with Crippen molar-refractivity contribution in [2.45, 2.75) is 33.6 Å². The second-order valence-electron chi connectivity index (χ2n) is 6.76. The molecule has 0 aliphatic rings. The highest BCUT2D eigenvalue weighted by atomic mass is 19.1. The van der Waals surface area contributed by atoms with Crippen molar-refractivity contribution in [1.29, 1.82) is 0 Å². The fourth-order valence-corrected chi connectivity index (χ4v) is 2.85. The topological polar surface area (TPSA) is 49.3 Å². The Labute approximate surface area is 178 Å². The van der Waals surface area contributed by atoms with Crippen molar-refractivity contribution in [3.8, 4) is 17.2 Å². The van der Waals surface area contributed by atoms with Crippen molar-refractivity contribution >= 4 is 5.97 Å². The summed E-state index contributed by atoms with van der Waals surface area (Å²) in [6, 6.07) is 10.6. The molecule has 0 atom stereocenters. The molecule has 0 bridgehead atoms. The Kier molecular flexibility index (Phi) is 9.71. The zero-order chi connectivity index (χ0) is 21.8. The van der Waals surface area contributed by atoms with Crippen LogP contribution in [0.15, 0.2) is 53.7 Å². The van der Waals surface area contributed by atoms with E-state index >= 15 is 0 Å². The lowest BCUT2D eigenvalue weighted by Gasteiger charge is -2.14. The summed E-state index contributed by atoms with van der Waals surface area (Å²) >= 11 is 0. The van der Waals surface area contributed by atoms with Gasteiger partial charge in [0.2, 0.25) is 0 Å². The predicted molar refractivity (Wildman–Crippen MR) is 118 cm³/mol. The first-order chi connectivity index (χ1) is 14.5. The second-order valence-corrected chi connectivity index (χ2v) is 6.76.